The lowest BCUT2D eigenvalue weighted by molar-refractivity contribution is 0.0924. The van der Waals surface area contributed by atoms with E-state index in [4.69, 9.17) is 0 Å². The van der Waals surface area contributed by atoms with Gasteiger partial charge in [-0.2, -0.15) is 0 Å². The van der Waals surface area contributed by atoms with Crippen LogP contribution in [0.4, 0.5) is 0 Å². The van der Waals surface area contributed by atoms with Crippen LogP contribution >= 0.6 is 22.6 Å². The van der Waals surface area contributed by atoms with Crippen LogP contribution in [0.5, 0.6) is 0 Å². The van der Waals surface area contributed by atoms with Gasteiger partial charge in [-0.05, 0) is 34.7 Å². The Morgan fingerprint density at radius 2 is 2.17 bits per heavy atom. The molecule has 1 aromatic carbocycles. The molecule has 0 saturated carbocycles. The summed E-state index contributed by atoms with van der Waals surface area (Å²) in [5, 5.41) is 10.2. The highest BCUT2D eigenvalue weighted by Crippen LogP contribution is 2.09. The van der Waals surface area contributed by atoms with Crippen LogP contribution < -0.4 is 0 Å². The molecule has 0 aliphatic heterocycles. The van der Waals surface area contributed by atoms with Crippen LogP contribution in [0, 0.1) is 3.57 Å². The number of halogens is 1. The van der Waals surface area contributed by atoms with Gasteiger partial charge in [0, 0.05) is 15.6 Å². The first-order valence-corrected chi connectivity index (χ1v) is 4.69. The largest absolute Gasteiger partial charge is 0.294 e. The highest BCUT2D eigenvalue weighted by molar-refractivity contribution is 14.1. The molecule has 1 rings (SSSR count). The van der Waals surface area contributed by atoms with Crippen LogP contribution in [0.3, 0.4) is 0 Å². The molecule has 0 amide bonds. The van der Waals surface area contributed by atoms with Crippen LogP contribution in [0.25, 0.3) is 0 Å². The lowest BCUT2D eigenvalue weighted by Gasteiger charge is -1.97. The van der Waals surface area contributed by atoms with E-state index in [1.807, 2.05) is 12.1 Å². The highest BCUT2D eigenvalue weighted by Gasteiger charge is 2.04. The predicted octanol–water partition coefficient (Wildman–Crippen LogP) is 2.29. The second-order valence-corrected chi connectivity index (χ2v) is 3.63. The second kappa shape index (κ2) is 4.57. The Labute approximate surface area is 84.7 Å². The van der Waals surface area contributed by atoms with Gasteiger partial charge in [0.15, 0.2) is 5.78 Å². The molecule has 0 saturated heterocycles. The average Bonchev–Trinajstić information content (AvgIpc) is 2.05. The summed E-state index contributed by atoms with van der Waals surface area (Å²) in [6, 6.07) is 7.26. The number of hydrogen-bond acceptors (Lipinski definition) is 1. The Morgan fingerprint density at radius 3 is 2.75 bits per heavy atom. The summed E-state index contributed by atoms with van der Waals surface area (Å²) in [6.45, 7) is -0.329. The van der Waals surface area contributed by atoms with Crippen LogP contribution in [-0.2, 0) is 5.11 Å². The van der Waals surface area contributed by atoms with E-state index < -0.39 is 0 Å². The van der Waals surface area contributed by atoms with E-state index in [0.717, 1.165) is 3.57 Å². The van der Waals surface area contributed by atoms with E-state index in [1.54, 1.807) is 12.1 Å². The molecule has 3 heteroatoms. The van der Waals surface area contributed by atoms with Gasteiger partial charge in [0.1, 0.15) is 0 Å². The highest BCUT2D eigenvalue weighted by atomic mass is 127. The minimum atomic E-state index is -0.329. The summed E-state index contributed by atoms with van der Waals surface area (Å²) in [5.41, 5.74) is 0.637. The van der Waals surface area contributed by atoms with Crippen LogP contribution in [-0.4, -0.2) is 12.4 Å². The van der Waals surface area contributed by atoms with E-state index in [2.05, 4.69) is 22.6 Å². The molecule has 12 heavy (non-hydrogen) atoms. The molecular formula is C9H8IO2. The Kier molecular flexibility index (Phi) is 3.68. The van der Waals surface area contributed by atoms with E-state index in [0.29, 0.717) is 5.56 Å². The van der Waals surface area contributed by atoms with Gasteiger partial charge in [-0.3, -0.25) is 4.79 Å². The van der Waals surface area contributed by atoms with Gasteiger partial charge in [-0.15, -0.1) is 0 Å². The normalized spacial score (nSPS) is 9.83. The standard InChI is InChI=1S/C9H8IO2/c10-8-3-1-2-7(6-8)9(12)4-5-11/h1-3,6H,4-5H2. The van der Waals surface area contributed by atoms with Crippen molar-refractivity contribution in [1.29, 1.82) is 0 Å². The number of rotatable bonds is 3. The maximum atomic E-state index is 11.2. The molecule has 0 bridgehead atoms. The second-order valence-electron chi connectivity index (χ2n) is 2.39. The lowest BCUT2D eigenvalue weighted by atomic mass is 10.1. The lowest BCUT2D eigenvalue weighted by Crippen LogP contribution is -2.00. The van der Waals surface area contributed by atoms with Gasteiger partial charge in [0.05, 0.1) is 6.61 Å². The van der Waals surface area contributed by atoms with Crippen molar-refractivity contribution < 1.29 is 9.90 Å². The maximum absolute atomic E-state index is 11.2. The third-order valence-electron chi connectivity index (χ3n) is 1.48. The summed E-state index contributed by atoms with van der Waals surface area (Å²) in [7, 11) is 0. The van der Waals surface area contributed by atoms with Crippen molar-refractivity contribution in [2.24, 2.45) is 0 Å². The maximum Gasteiger partial charge on any atom is 0.165 e. The number of carbonyl (C=O) groups is 1. The number of benzene rings is 1. The molecule has 63 valence electrons. The molecule has 0 heterocycles. The SMILES string of the molecule is [O]CCC(=O)c1cccc(I)c1. The molecule has 0 unspecified atom stereocenters. The summed E-state index contributed by atoms with van der Waals surface area (Å²) < 4.78 is 1.02. The Morgan fingerprint density at radius 1 is 1.42 bits per heavy atom. The summed E-state index contributed by atoms with van der Waals surface area (Å²) in [6.07, 6.45) is 0.0973. The van der Waals surface area contributed by atoms with Crippen molar-refractivity contribution in [3.63, 3.8) is 0 Å². The van der Waals surface area contributed by atoms with E-state index in [-0.39, 0.29) is 18.8 Å². The quantitative estimate of drug-likeness (QED) is 0.616. The smallest absolute Gasteiger partial charge is 0.165 e. The third kappa shape index (κ3) is 2.57. The topological polar surface area (TPSA) is 37.0 Å². The van der Waals surface area contributed by atoms with E-state index in [1.165, 1.54) is 0 Å². The summed E-state index contributed by atoms with van der Waals surface area (Å²) >= 11 is 2.14. The van der Waals surface area contributed by atoms with Crippen molar-refractivity contribution in [1.82, 2.24) is 0 Å². The third-order valence-corrected chi connectivity index (χ3v) is 2.15. The summed E-state index contributed by atoms with van der Waals surface area (Å²) in [4.78, 5) is 11.2. The fraction of sp³-hybridized carbons (Fsp3) is 0.222. The van der Waals surface area contributed by atoms with Gasteiger partial charge >= 0.3 is 0 Å². The number of ketones is 1. The summed E-state index contributed by atoms with van der Waals surface area (Å²) in [5.74, 6) is -0.0662. The average molecular weight is 275 g/mol. The molecule has 0 aliphatic carbocycles. The fourth-order valence-corrected chi connectivity index (χ4v) is 1.44. The fourth-order valence-electron chi connectivity index (χ4n) is 0.899. The Balaban J connectivity index is 2.81. The van der Waals surface area contributed by atoms with E-state index in [9.17, 15) is 9.90 Å². The van der Waals surface area contributed by atoms with Crippen molar-refractivity contribution in [2.45, 2.75) is 6.42 Å². The van der Waals surface area contributed by atoms with Gasteiger partial charge in [-0.25, -0.2) is 5.11 Å². The molecule has 0 aromatic heterocycles. The molecule has 2 nitrogen and oxygen atoms in total. The minimum absolute atomic E-state index is 0.0662. The predicted molar refractivity (Wildman–Crippen MR) is 53.7 cm³/mol. The number of hydrogen-bond donors (Lipinski definition) is 0. The zero-order valence-electron chi connectivity index (χ0n) is 6.42. The van der Waals surface area contributed by atoms with Crippen LogP contribution in [0.15, 0.2) is 24.3 Å². The van der Waals surface area contributed by atoms with Gasteiger partial charge in [-0.1, -0.05) is 12.1 Å². The van der Waals surface area contributed by atoms with Gasteiger partial charge in [0.2, 0.25) is 0 Å². The van der Waals surface area contributed by atoms with Crippen molar-refractivity contribution >= 4 is 28.4 Å². The van der Waals surface area contributed by atoms with Crippen LogP contribution in [0.1, 0.15) is 16.8 Å². The Hall–Kier alpha value is -0.420. The molecule has 0 spiro atoms. The molecule has 0 N–H and O–H groups in total. The molecule has 1 radical (unpaired) electrons. The van der Waals surface area contributed by atoms with Crippen molar-refractivity contribution in [3.05, 3.63) is 33.4 Å². The molecule has 0 atom stereocenters. The van der Waals surface area contributed by atoms with Crippen molar-refractivity contribution in [2.75, 3.05) is 6.61 Å². The molecule has 0 fully saturated rings. The minimum Gasteiger partial charge on any atom is -0.294 e. The Bertz CT molecular complexity index is 284. The molecule has 1 aromatic rings. The first kappa shape index (κ1) is 9.67. The monoisotopic (exact) mass is 275 g/mol. The van der Waals surface area contributed by atoms with Gasteiger partial charge < -0.3 is 0 Å². The first-order valence-electron chi connectivity index (χ1n) is 3.61. The van der Waals surface area contributed by atoms with Crippen LogP contribution in [0.2, 0.25) is 0 Å². The van der Waals surface area contributed by atoms with Crippen molar-refractivity contribution in [3.8, 4) is 0 Å². The molecule has 0 aliphatic rings. The zero-order chi connectivity index (χ0) is 8.97. The molecular weight excluding hydrogens is 267 g/mol. The first-order chi connectivity index (χ1) is 5.74. The van der Waals surface area contributed by atoms with E-state index >= 15 is 0 Å². The number of carbonyl (C=O) groups excluding carboxylic acids is 1. The van der Waals surface area contributed by atoms with Gasteiger partial charge in [0.25, 0.3) is 0 Å². The number of Topliss-reactive ketones (excluding diaryl/α,β-unsaturated/α-hetero) is 1. The zero-order valence-corrected chi connectivity index (χ0v) is 8.58.